The minimum Gasteiger partial charge on any atom is -0.497 e. The highest BCUT2D eigenvalue weighted by Crippen LogP contribution is 2.25. The molecule has 3 aromatic rings. The number of halogens is 1. The first-order valence-electron chi connectivity index (χ1n) is 7.17. The van der Waals surface area contributed by atoms with Crippen molar-refractivity contribution in [3.63, 3.8) is 0 Å². The number of carbonyl (C=O) groups is 1. The van der Waals surface area contributed by atoms with E-state index >= 15 is 0 Å². The smallest absolute Gasteiger partial charge is 0.325 e. The predicted molar refractivity (Wildman–Crippen MR) is 94.0 cm³/mol. The van der Waals surface area contributed by atoms with Gasteiger partial charge in [-0.2, -0.15) is 0 Å². The van der Waals surface area contributed by atoms with Crippen LogP contribution in [0.3, 0.4) is 0 Å². The van der Waals surface area contributed by atoms with Crippen LogP contribution in [0.1, 0.15) is 0 Å². The molecule has 5 nitrogen and oxygen atoms in total. The Morgan fingerprint density at radius 3 is 2.62 bits per heavy atom. The number of hydrogen-bond acceptors (Lipinski definition) is 4. The van der Waals surface area contributed by atoms with E-state index in [1.165, 1.54) is 0 Å². The van der Waals surface area contributed by atoms with Gasteiger partial charge in [-0.1, -0.05) is 15.9 Å². The van der Waals surface area contributed by atoms with Crippen molar-refractivity contribution < 1.29 is 19.1 Å². The van der Waals surface area contributed by atoms with Crippen LogP contribution in [0.15, 0.2) is 62.4 Å². The topological polar surface area (TPSA) is 72.0 Å². The fraction of sp³-hybridized carbons (Fsp3) is 0.111. The van der Waals surface area contributed by atoms with Gasteiger partial charge in [0.1, 0.15) is 23.6 Å². The molecule has 0 aliphatic rings. The highest BCUT2D eigenvalue weighted by Gasteiger charge is 2.07. The average molecular weight is 388 g/mol. The van der Waals surface area contributed by atoms with E-state index in [1.54, 1.807) is 13.2 Å². The molecule has 0 aliphatic carbocycles. The number of methoxy groups -OCH3 is 1. The average Bonchev–Trinajstić information content (AvgIpc) is 2.59. The highest BCUT2D eigenvalue weighted by atomic mass is 79.9. The van der Waals surface area contributed by atoms with Gasteiger partial charge in [0.2, 0.25) is 0 Å². The fourth-order valence-corrected chi connectivity index (χ4v) is 2.68. The van der Waals surface area contributed by atoms with Gasteiger partial charge in [-0.15, -0.1) is 0 Å². The van der Waals surface area contributed by atoms with Crippen LogP contribution in [-0.2, 0) is 4.79 Å². The molecule has 122 valence electrons. The molecule has 1 N–H and O–H groups in total. The zero-order chi connectivity index (χ0) is 17.1. The van der Waals surface area contributed by atoms with Crippen molar-refractivity contribution in [3.05, 3.63) is 58.4 Å². The number of fused-ring (bicyclic) bond motifs is 1. The standard InChI is InChI=1S/C18H14BrNO4/c1-23-13-5-2-11(3-6-13)17-9-15(20-10-18(21)22)14-8-12(19)4-7-16(14)24-17/h2-9H,10H2,1H3,(H,21,22). The van der Waals surface area contributed by atoms with Crippen molar-refractivity contribution in [1.29, 1.82) is 0 Å². The molecule has 0 saturated heterocycles. The van der Waals surface area contributed by atoms with Crippen molar-refractivity contribution in [3.8, 4) is 17.1 Å². The molecule has 3 rings (SSSR count). The molecule has 0 amide bonds. The van der Waals surface area contributed by atoms with Gasteiger partial charge in [-0.05, 0) is 42.5 Å². The lowest BCUT2D eigenvalue weighted by molar-refractivity contribution is -0.135. The molecule has 0 bridgehead atoms. The lowest BCUT2D eigenvalue weighted by atomic mass is 10.1. The Hall–Kier alpha value is -2.60. The van der Waals surface area contributed by atoms with Crippen LogP contribution in [-0.4, -0.2) is 24.7 Å². The number of rotatable bonds is 4. The summed E-state index contributed by atoms with van der Waals surface area (Å²) >= 11 is 3.41. The maximum Gasteiger partial charge on any atom is 0.325 e. The molecule has 0 fully saturated rings. The quantitative estimate of drug-likeness (QED) is 0.737. The van der Waals surface area contributed by atoms with Crippen LogP contribution in [0.2, 0.25) is 0 Å². The number of nitrogens with zero attached hydrogens (tertiary/aromatic N) is 1. The summed E-state index contributed by atoms with van der Waals surface area (Å²) in [5.74, 6) is 0.376. The van der Waals surface area contributed by atoms with E-state index in [-0.39, 0.29) is 6.54 Å². The van der Waals surface area contributed by atoms with Gasteiger partial charge in [0.05, 0.1) is 12.5 Å². The molecule has 0 unspecified atom stereocenters. The summed E-state index contributed by atoms with van der Waals surface area (Å²) in [5.41, 5.74) is 1.49. The number of hydrogen-bond donors (Lipinski definition) is 1. The number of carboxylic acids is 1. The van der Waals surface area contributed by atoms with Crippen LogP contribution >= 0.6 is 15.9 Å². The Kier molecular flexibility index (Phi) is 4.66. The van der Waals surface area contributed by atoms with E-state index in [0.29, 0.717) is 16.7 Å². The summed E-state index contributed by atoms with van der Waals surface area (Å²) in [7, 11) is 1.61. The van der Waals surface area contributed by atoms with E-state index in [0.717, 1.165) is 21.2 Å². The maximum atomic E-state index is 10.9. The Morgan fingerprint density at radius 1 is 1.21 bits per heavy atom. The summed E-state index contributed by atoms with van der Waals surface area (Å²) < 4.78 is 12.0. The zero-order valence-corrected chi connectivity index (χ0v) is 14.4. The van der Waals surface area contributed by atoms with Crippen molar-refractivity contribution in [1.82, 2.24) is 0 Å². The van der Waals surface area contributed by atoms with Gasteiger partial charge >= 0.3 is 5.97 Å². The van der Waals surface area contributed by atoms with Crippen molar-refractivity contribution in [2.45, 2.75) is 0 Å². The molecular formula is C18H14BrNO4. The van der Waals surface area contributed by atoms with Crippen LogP contribution in [0, 0.1) is 0 Å². The highest BCUT2D eigenvalue weighted by molar-refractivity contribution is 9.10. The van der Waals surface area contributed by atoms with Crippen LogP contribution in [0.25, 0.3) is 22.3 Å². The van der Waals surface area contributed by atoms with Crippen LogP contribution < -0.4 is 10.1 Å². The lowest BCUT2D eigenvalue weighted by Crippen LogP contribution is -2.09. The van der Waals surface area contributed by atoms with Gasteiger partial charge in [-0.25, -0.2) is 0 Å². The number of benzene rings is 2. The molecule has 0 atom stereocenters. The minimum absolute atomic E-state index is 0.298. The molecule has 0 saturated carbocycles. The van der Waals surface area contributed by atoms with Crippen molar-refractivity contribution in [2.24, 2.45) is 4.99 Å². The largest absolute Gasteiger partial charge is 0.497 e. The summed E-state index contributed by atoms with van der Waals surface area (Å²) in [6.45, 7) is -0.298. The van der Waals surface area contributed by atoms with Gasteiger partial charge in [0.25, 0.3) is 0 Å². The Labute approximate surface area is 146 Å². The van der Waals surface area contributed by atoms with E-state index in [2.05, 4.69) is 20.9 Å². The van der Waals surface area contributed by atoms with E-state index < -0.39 is 5.97 Å². The first kappa shape index (κ1) is 16.3. The summed E-state index contributed by atoms with van der Waals surface area (Å²) in [4.78, 5) is 15.1. The summed E-state index contributed by atoms with van der Waals surface area (Å²) in [6.07, 6.45) is 0. The molecule has 1 aromatic heterocycles. The van der Waals surface area contributed by atoms with Gasteiger partial charge < -0.3 is 14.3 Å². The molecule has 0 radical (unpaired) electrons. The van der Waals surface area contributed by atoms with Crippen LogP contribution in [0.5, 0.6) is 5.75 Å². The van der Waals surface area contributed by atoms with E-state index in [1.807, 2.05) is 42.5 Å². The third-order valence-corrected chi connectivity index (χ3v) is 3.96. The van der Waals surface area contributed by atoms with E-state index in [9.17, 15) is 4.79 Å². The SMILES string of the molecule is COc1ccc(-c2cc(=NCC(=O)O)c3cc(Br)ccc3o2)cc1. The van der Waals surface area contributed by atoms with Gasteiger partial charge in [0, 0.05) is 21.5 Å². The minimum atomic E-state index is -0.982. The number of carboxylic acid groups (broad SMARTS) is 1. The van der Waals surface area contributed by atoms with Crippen LogP contribution in [0.4, 0.5) is 0 Å². The first-order valence-corrected chi connectivity index (χ1v) is 7.96. The summed E-state index contributed by atoms with van der Waals surface area (Å²) in [5, 5.41) is 10.2. The Morgan fingerprint density at radius 2 is 1.96 bits per heavy atom. The normalized spacial score (nSPS) is 11.7. The maximum absolute atomic E-state index is 10.9. The second-order valence-electron chi connectivity index (χ2n) is 5.07. The van der Waals surface area contributed by atoms with Gasteiger partial charge in [0.15, 0.2) is 0 Å². The van der Waals surface area contributed by atoms with Gasteiger partial charge in [-0.3, -0.25) is 9.79 Å². The number of aliphatic carboxylic acids is 1. The summed E-state index contributed by atoms with van der Waals surface area (Å²) in [6, 6.07) is 14.7. The number of ether oxygens (including phenoxy) is 1. The Balaban J connectivity index is 2.20. The lowest BCUT2D eigenvalue weighted by Gasteiger charge is -2.06. The molecule has 6 heteroatoms. The molecular weight excluding hydrogens is 374 g/mol. The molecule has 24 heavy (non-hydrogen) atoms. The van der Waals surface area contributed by atoms with Crippen molar-refractivity contribution in [2.75, 3.05) is 13.7 Å². The monoisotopic (exact) mass is 387 g/mol. The molecule has 0 spiro atoms. The fourth-order valence-electron chi connectivity index (χ4n) is 2.32. The van der Waals surface area contributed by atoms with E-state index in [4.69, 9.17) is 14.3 Å². The molecule has 1 heterocycles. The predicted octanol–water partition coefficient (Wildman–Crippen LogP) is 3.86. The second-order valence-corrected chi connectivity index (χ2v) is 5.99. The second kappa shape index (κ2) is 6.88. The molecule has 2 aromatic carbocycles. The third kappa shape index (κ3) is 3.49. The first-order chi connectivity index (χ1) is 11.6. The molecule has 0 aliphatic heterocycles. The Bertz CT molecular complexity index is 961. The zero-order valence-electron chi connectivity index (χ0n) is 12.8. The third-order valence-electron chi connectivity index (χ3n) is 3.46. The van der Waals surface area contributed by atoms with Crippen molar-refractivity contribution >= 4 is 32.9 Å².